The van der Waals surface area contributed by atoms with Crippen molar-refractivity contribution in [1.29, 1.82) is 0 Å². The van der Waals surface area contributed by atoms with Crippen molar-refractivity contribution in [3.8, 4) is 0 Å². The third kappa shape index (κ3) is 2.34. The predicted molar refractivity (Wildman–Crippen MR) is 65.6 cm³/mol. The van der Waals surface area contributed by atoms with Crippen molar-refractivity contribution in [2.75, 3.05) is 13.1 Å². The minimum absolute atomic E-state index is 0.00338. The summed E-state index contributed by atoms with van der Waals surface area (Å²) in [7, 11) is 0. The summed E-state index contributed by atoms with van der Waals surface area (Å²) in [4.78, 5) is 14.2. The van der Waals surface area contributed by atoms with Crippen LogP contribution < -0.4 is 5.73 Å². The highest BCUT2D eigenvalue weighted by Crippen LogP contribution is 2.23. The summed E-state index contributed by atoms with van der Waals surface area (Å²) in [6, 6.07) is 1.93. The standard InChI is InChI=1S/C12H20N4O/c1-8-4-3-5-16(11(8)7-13)12(17)10-6-9(2)14-15-10/h6,8,11H,3-5,7,13H2,1-2H3,(H,14,15)/t8-,11+/m1/s1. The topological polar surface area (TPSA) is 75.0 Å². The van der Waals surface area contributed by atoms with E-state index in [2.05, 4.69) is 17.1 Å². The van der Waals surface area contributed by atoms with Crippen molar-refractivity contribution >= 4 is 5.91 Å². The van der Waals surface area contributed by atoms with Gasteiger partial charge >= 0.3 is 0 Å². The van der Waals surface area contributed by atoms with E-state index < -0.39 is 0 Å². The largest absolute Gasteiger partial charge is 0.333 e. The van der Waals surface area contributed by atoms with Gasteiger partial charge in [-0.2, -0.15) is 5.10 Å². The van der Waals surface area contributed by atoms with E-state index in [-0.39, 0.29) is 11.9 Å². The zero-order chi connectivity index (χ0) is 12.4. The van der Waals surface area contributed by atoms with Gasteiger partial charge in [0.15, 0.2) is 0 Å². The first-order valence-corrected chi connectivity index (χ1v) is 6.16. The number of nitrogens with zero attached hydrogens (tertiary/aromatic N) is 2. The molecule has 2 atom stereocenters. The van der Waals surface area contributed by atoms with Gasteiger partial charge in [0.25, 0.3) is 5.91 Å². The quantitative estimate of drug-likeness (QED) is 0.801. The van der Waals surface area contributed by atoms with Gasteiger partial charge in [0.1, 0.15) is 5.69 Å². The van der Waals surface area contributed by atoms with Crippen molar-refractivity contribution in [1.82, 2.24) is 15.1 Å². The van der Waals surface area contributed by atoms with Crippen LogP contribution in [0.15, 0.2) is 6.07 Å². The second-order valence-electron chi connectivity index (χ2n) is 4.86. The van der Waals surface area contributed by atoms with Gasteiger partial charge in [0.05, 0.1) is 0 Å². The molecule has 3 N–H and O–H groups in total. The number of rotatable bonds is 2. The average Bonchev–Trinajstić information content (AvgIpc) is 2.74. The van der Waals surface area contributed by atoms with Crippen LogP contribution in [0.3, 0.4) is 0 Å². The number of H-pyrrole nitrogens is 1. The molecular formula is C12H20N4O. The first-order chi connectivity index (χ1) is 8.13. The SMILES string of the molecule is Cc1cc(C(=O)N2CCC[C@@H](C)[C@@H]2CN)n[nH]1. The van der Waals surface area contributed by atoms with Crippen LogP contribution in [0.4, 0.5) is 0 Å². The van der Waals surface area contributed by atoms with Gasteiger partial charge in [-0.1, -0.05) is 6.92 Å². The minimum Gasteiger partial charge on any atom is -0.333 e. The number of piperidine rings is 1. The summed E-state index contributed by atoms with van der Waals surface area (Å²) >= 11 is 0. The Labute approximate surface area is 101 Å². The molecule has 1 amide bonds. The minimum atomic E-state index is -0.00338. The molecule has 0 bridgehead atoms. The smallest absolute Gasteiger partial charge is 0.274 e. The van der Waals surface area contributed by atoms with Gasteiger partial charge in [-0.05, 0) is 31.7 Å². The second-order valence-corrected chi connectivity index (χ2v) is 4.86. The fraction of sp³-hybridized carbons (Fsp3) is 0.667. The van der Waals surface area contributed by atoms with Crippen LogP contribution in [-0.2, 0) is 0 Å². The van der Waals surface area contributed by atoms with Crippen LogP contribution in [0.2, 0.25) is 0 Å². The van der Waals surface area contributed by atoms with Crippen molar-refractivity contribution in [3.05, 3.63) is 17.5 Å². The number of nitrogens with one attached hydrogen (secondary N) is 1. The molecule has 0 aliphatic carbocycles. The van der Waals surface area contributed by atoms with Crippen LogP contribution in [0.1, 0.15) is 35.9 Å². The predicted octanol–water partition coefficient (Wildman–Crippen LogP) is 0.918. The molecule has 1 aromatic rings. The molecular weight excluding hydrogens is 216 g/mol. The molecule has 94 valence electrons. The molecule has 1 aliphatic rings. The van der Waals surface area contributed by atoms with Gasteiger partial charge in [0, 0.05) is 24.8 Å². The lowest BCUT2D eigenvalue weighted by Crippen LogP contribution is -2.51. The maximum atomic E-state index is 12.3. The molecule has 1 aromatic heterocycles. The zero-order valence-corrected chi connectivity index (χ0v) is 10.4. The molecule has 0 saturated carbocycles. The highest BCUT2D eigenvalue weighted by molar-refractivity contribution is 5.92. The fourth-order valence-electron chi connectivity index (χ4n) is 2.54. The number of hydrogen-bond donors (Lipinski definition) is 2. The van der Waals surface area contributed by atoms with Crippen LogP contribution in [-0.4, -0.2) is 40.1 Å². The average molecular weight is 236 g/mol. The number of aryl methyl sites for hydroxylation is 1. The van der Waals surface area contributed by atoms with E-state index in [1.54, 1.807) is 6.07 Å². The van der Waals surface area contributed by atoms with Gasteiger partial charge in [-0.25, -0.2) is 0 Å². The van der Waals surface area contributed by atoms with Crippen molar-refractivity contribution < 1.29 is 4.79 Å². The molecule has 0 spiro atoms. The Hall–Kier alpha value is -1.36. The van der Waals surface area contributed by atoms with Crippen LogP contribution >= 0.6 is 0 Å². The monoisotopic (exact) mass is 236 g/mol. The summed E-state index contributed by atoms with van der Waals surface area (Å²) in [5.41, 5.74) is 7.18. The van der Waals surface area contributed by atoms with Gasteiger partial charge < -0.3 is 10.6 Å². The number of carbonyl (C=O) groups is 1. The Morgan fingerprint density at radius 1 is 1.71 bits per heavy atom. The van der Waals surface area contributed by atoms with Crippen molar-refractivity contribution in [2.24, 2.45) is 11.7 Å². The zero-order valence-electron chi connectivity index (χ0n) is 10.4. The molecule has 1 fully saturated rings. The highest BCUT2D eigenvalue weighted by atomic mass is 16.2. The number of likely N-dealkylation sites (tertiary alicyclic amines) is 1. The number of aromatic nitrogens is 2. The molecule has 5 nitrogen and oxygen atoms in total. The lowest BCUT2D eigenvalue weighted by Gasteiger charge is -2.39. The summed E-state index contributed by atoms with van der Waals surface area (Å²) < 4.78 is 0. The fourth-order valence-corrected chi connectivity index (χ4v) is 2.54. The Kier molecular flexibility index (Phi) is 3.47. The summed E-state index contributed by atoms with van der Waals surface area (Å²) in [5.74, 6) is 0.467. The molecule has 2 heterocycles. The van der Waals surface area contributed by atoms with E-state index >= 15 is 0 Å². The molecule has 0 aromatic carbocycles. The molecule has 1 saturated heterocycles. The van der Waals surface area contributed by atoms with Crippen molar-refractivity contribution in [2.45, 2.75) is 32.7 Å². The van der Waals surface area contributed by atoms with E-state index in [9.17, 15) is 4.79 Å². The summed E-state index contributed by atoms with van der Waals surface area (Å²) in [6.07, 6.45) is 2.19. The molecule has 17 heavy (non-hydrogen) atoms. The Bertz CT molecular complexity index is 401. The van der Waals surface area contributed by atoms with E-state index in [1.165, 1.54) is 0 Å². The first kappa shape index (κ1) is 12.1. The van der Waals surface area contributed by atoms with E-state index in [4.69, 9.17) is 5.73 Å². The molecule has 2 rings (SSSR count). The number of carbonyl (C=O) groups excluding carboxylic acids is 1. The second kappa shape index (κ2) is 4.87. The molecule has 0 radical (unpaired) electrons. The third-order valence-corrected chi connectivity index (χ3v) is 3.54. The van der Waals surface area contributed by atoms with E-state index in [1.807, 2.05) is 11.8 Å². The molecule has 0 unspecified atom stereocenters. The maximum absolute atomic E-state index is 12.3. The lowest BCUT2D eigenvalue weighted by molar-refractivity contribution is 0.0526. The lowest BCUT2D eigenvalue weighted by atomic mass is 9.90. The van der Waals surface area contributed by atoms with E-state index in [0.29, 0.717) is 18.2 Å². The Balaban J connectivity index is 2.17. The number of nitrogens with two attached hydrogens (primary N) is 1. The van der Waals surface area contributed by atoms with Gasteiger partial charge in [-0.15, -0.1) is 0 Å². The number of hydrogen-bond acceptors (Lipinski definition) is 3. The normalized spacial score (nSPS) is 25.0. The third-order valence-electron chi connectivity index (χ3n) is 3.54. The van der Waals surface area contributed by atoms with E-state index in [0.717, 1.165) is 25.1 Å². The van der Waals surface area contributed by atoms with Crippen molar-refractivity contribution in [3.63, 3.8) is 0 Å². The van der Waals surface area contributed by atoms with Crippen LogP contribution in [0.25, 0.3) is 0 Å². The molecule has 1 aliphatic heterocycles. The summed E-state index contributed by atoms with van der Waals surface area (Å²) in [5, 5.41) is 6.83. The van der Waals surface area contributed by atoms with Gasteiger partial charge in [0.2, 0.25) is 0 Å². The number of amides is 1. The molecule has 5 heteroatoms. The highest BCUT2D eigenvalue weighted by Gasteiger charge is 2.32. The summed E-state index contributed by atoms with van der Waals surface area (Å²) in [6.45, 7) is 5.36. The van der Waals surface area contributed by atoms with Gasteiger partial charge in [-0.3, -0.25) is 9.89 Å². The maximum Gasteiger partial charge on any atom is 0.274 e. The first-order valence-electron chi connectivity index (χ1n) is 6.16. The number of aromatic amines is 1. The van der Waals surface area contributed by atoms with Crippen LogP contribution in [0, 0.1) is 12.8 Å². The van der Waals surface area contributed by atoms with Crippen LogP contribution in [0.5, 0.6) is 0 Å². The Morgan fingerprint density at radius 3 is 3.06 bits per heavy atom. The Morgan fingerprint density at radius 2 is 2.47 bits per heavy atom.